The molecule has 0 fully saturated rings. The van der Waals surface area contributed by atoms with Gasteiger partial charge in [-0.15, -0.1) is 0 Å². The number of halogens is 1. The Labute approximate surface area is 136 Å². The number of rotatable bonds is 3. The van der Waals surface area contributed by atoms with E-state index in [1.807, 2.05) is 0 Å². The molecule has 0 saturated heterocycles. The molecule has 24 heavy (non-hydrogen) atoms. The first-order valence-electron chi connectivity index (χ1n) is 7.12. The predicted octanol–water partition coefficient (Wildman–Crippen LogP) is 3.35. The van der Waals surface area contributed by atoms with Gasteiger partial charge in [-0.25, -0.2) is 9.87 Å². The third kappa shape index (κ3) is 3.23. The van der Waals surface area contributed by atoms with E-state index in [4.69, 9.17) is 5.21 Å². The molecule has 0 heterocycles. The maximum Gasteiger partial charge on any atom is 0.274 e. The number of carbonyl (C=O) groups is 2. The minimum Gasteiger partial charge on any atom is -0.322 e. The van der Waals surface area contributed by atoms with E-state index in [2.05, 4.69) is 5.32 Å². The molecule has 3 aromatic carbocycles. The van der Waals surface area contributed by atoms with Gasteiger partial charge in [-0.05, 0) is 59.3 Å². The molecular weight excluding hydrogens is 311 g/mol. The molecule has 0 atom stereocenters. The standard InChI is InChI=1S/C18H13FN2O3/c19-15-5-7-16(8-6-15)20-17(22)12-3-1-11-2-4-13(18(23)21-24)10-14(11)9-12/h1-10,24H,(H,20,22)(H,21,23). The number of fused-ring (bicyclic) bond motifs is 1. The van der Waals surface area contributed by atoms with Crippen LogP contribution in [0.2, 0.25) is 0 Å². The van der Waals surface area contributed by atoms with Crippen LogP contribution in [-0.4, -0.2) is 17.0 Å². The molecule has 3 aromatic rings. The summed E-state index contributed by atoms with van der Waals surface area (Å²) in [7, 11) is 0. The number of benzene rings is 3. The van der Waals surface area contributed by atoms with Crippen molar-refractivity contribution in [2.45, 2.75) is 0 Å². The quantitative estimate of drug-likeness (QED) is 0.511. The van der Waals surface area contributed by atoms with Crippen LogP contribution in [0.4, 0.5) is 10.1 Å². The lowest BCUT2D eigenvalue weighted by Crippen LogP contribution is -2.18. The summed E-state index contributed by atoms with van der Waals surface area (Å²) in [6, 6.07) is 15.4. The van der Waals surface area contributed by atoms with Crippen LogP contribution in [0, 0.1) is 5.82 Å². The van der Waals surface area contributed by atoms with Crippen molar-refractivity contribution < 1.29 is 19.2 Å². The molecule has 0 aliphatic heterocycles. The molecule has 0 bridgehead atoms. The smallest absolute Gasteiger partial charge is 0.274 e. The second-order valence-corrected chi connectivity index (χ2v) is 5.18. The van der Waals surface area contributed by atoms with Gasteiger partial charge in [-0.1, -0.05) is 12.1 Å². The zero-order chi connectivity index (χ0) is 17.1. The lowest BCUT2D eigenvalue weighted by atomic mass is 10.0. The minimum atomic E-state index is -0.627. The molecule has 3 N–H and O–H groups in total. The van der Waals surface area contributed by atoms with E-state index in [1.54, 1.807) is 41.9 Å². The molecule has 0 unspecified atom stereocenters. The number of anilines is 1. The van der Waals surface area contributed by atoms with E-state index >= 15 is 0 Å². The van der Waals surface area contributed by atoms with E-state index in [1.165, 1.54) is 24.3 Å². The van der Waals surface area contributed by atoms with E-state index in [0.29, 0.717) is 16.6 Å². The number of carbonyl (C=O) groups excluding carboxylic acids is 2. The molecule has 5 nitrogen and oxygen atoms in total. The number of amides is 2. The topological polar surface area (TPSA) is 78.4 Å². The minimum absolute atomic E-state index is 0.279. The molecule has 0 saturated carbocycles. The van der Waals surface area contributed by atoms with Gasteiger partial charge in [0, 0.05) is 16.8 Å². The summed E-state index contributed by atoms with van der Waals surface area (Å²) < 4.78 is 12.9. The van der Waals surface area contributed by atoms with Gasteiger partial charge in [0.15, 0.2) is 0 Å². The lowest BCUT2D eigenvalue weighted by molar-refractivity contribution is 0.0706. The number of nitrogens with one attached hydrogen (secondary N) is 2. The maximum atomic E-state index is 12.9. The molecule has 0 aliphatic carbocycles. The van der Waals surface area contributed by atoms with Gasteiger partial charge in [0.05, 0.1) is 0 Å². The van der Waals surface area contributed by atoms with Crippen molar-refractivity contribution in [1.29, 1.82) is 0 Å². The molecular formula is C18H13FN2O3. The van der Waals surface area contributed by atoms with Crippen LogP contribution in [-0.2, 0) is 0 Å². The van der Waals surface area contributed by atoms with Gasteiger partial charge in [0.1, 0.15) is 5.82 Å². The van der Waals surface area contributed by atoms with E-state index in [9.17, 15) is 14.0 Å². The van der Waals surface area contributed by atoms with Gasteiger partial charge in [0.2, 0.25) is 0 Å². The van der Waals surface area contributed by atoms with Crippen LogP contribution in [0.3, 0.4) is 0 Å². The highest BCUT2D eigenvalue weighted by molar-refractivity contribution is 6.07. The van der Waals surface area contributed by atoms with Crippen LogP contribution >= 0.6 is 0 Å². The van der Waals surface area contributed by atoms with Gasteiger partial charge in [0.25, 0.3) is 11.8 Å². The summed E-state index contributed by atoms with van der Waals surface area (Å²) in [5, 5.41) is 12.9. The average molecular weight is 324 g/mol. The molecule has 0 aliphatic rings. The normalized spacial score (nSPS) is 10.4. The van der Waals surface area contributed by atoms with Crippen molar-refractivity contribution >= 4 is 28.3 Å². The monoisotopic (exact) mass is 324 g/mol. The molecule has 0 radical (unpaired) electrons. The van der Waals surface area contributed by atoms with Gasteiger partial charge in [-0.2, -0.15) is 0 Å². The van der Waals surface area contributed by atoms with E-state index < -0.39 is 5.91 Å². The summed E-state index contributed by atoms with van der Waals surface area (Å²) in [4.78, 5) is 23.8. The first-order valence-corrected chi connectivity index (χ1v) is 7.12. The van der Waals surface area contributed by atoms with Gasteiger partial charge in [-0.3, -0.25) is 14.8 Å². The zero-order valence-electron chi connectivity index (χ0n) is 12.4. The number of hydroxylamine groups is 1. The Morgan fingerprint density at radius 1 is 0.792 bits per heavy atom. The Balaban J connectivity index is 1.89. The van der Waals surface area contributed by atoms with Crippen LogP contribution in [0.5, 0.6) is 0 Å². The summed E-state index contributed by atoms with van der Waals surface area (Å²) in [6.45, 7) is 0. The highest BCUT2D eigenvalue weighted by Crippen LogP contribution is 2.19. The van der Waals surface area contributed by atoms with Gasteiger partial charge >= 0.3 is 0 Å². The fraction of sp³-hybridized carbons (Fsp3) is 0. The van der Waals surface area contributed by atoms with Crippen molar-refractivity contribution in [2.75, 3.05) is 5.32 Å². The Bertz CT molecular complexity index is 923. The third-order valence-electron chi connectivity index (χ3n) is 3.57. The first-order chi connectivity index (χ1) is 11.6. The van der Waals surface area contributed by atoms with Gasteiger partial charge < -0.3 is 5.32 Å². The van der Waals surface area contributed by atoms with Crippen LogP contribution in [0.1, 0.15) is 20.7 Å². The maximum absolute atomic E-state index is 12.9. The lowest BCUT2D eigenvalue weighted by Gasteiger charge is -2.07. The zero-order valence-corrected chi connectivity index (χ0v) is 12.4. The van der Waals surface area contributed by atoms with Crippen molar-refractivity contribution in [3.05, 3.63) is 77.6 Å². The predicted molar refractivity (Wildman–Crippen MR) is 87.6 cm³/mol. The summed E-state index contributed by atoms with van der Waals surface area (Å²) in [6.07, 6.45) is 0. The largest absolute Gasteiger partial charge is 0.322 e. The summed E-state index contributed by atoms with van der Waals surface area (Å²) >= 11 is 0. The molecule has 0 aromatic heterocycles. The Morgan fingerprint density at radius 3 is 1.96 bits per heavy atom. The highest BCUT2D eigenvalue weighted by atomic mass is 19.1. The van der Waals surface area contributed by atoms with Crippen molar-refractivity contribution in [1.82, 2.24) is 5.48 Å². The summed E-state index contributed by atoms with van der Waals surface area (Å²) in [5.74, 6) is -1.35. The van der Waals surface area contributed by atoms with Crippen molar-refractivity contribution in [2.24, 2.45) is 0 Å². The Hall–Kier alpha value is -3.25. The van der Waals surface area contributed by atoms with Crippen LogP contribution in [0.15, 0.2) is 60.7 Å². The van der Waals surface area contributed by atoms with Crippen LogP contribution < -0.4 is 10.8 Å². The Morgan fingerprint density at radius 2 is 1.38 bits per heavy atom. The van der Waals surface area contributed by atoms with E-state index in [0.717, 1.165) is 5.39 Å². The molecule has 2 amide bonds. The molecule has 0 spiro atoms. The molecule has 6 heteroatoms. The third-order valence-corrected chi connectivity index (χ3v) is 3.57. The fourth-order valence-corrected chi connectivity index (χ4v) is 2.33. The molecule has 3 rings (SSSR count). The Kier molecular flexibility index (Phi) is 4.22. The van der Waals surface area contributed by atoms with E-state index in [-0.39, 0.29) is 17.3 Å². The first kappa shape index (κ1) is 15.6. The van der Waals surface area contributed by atoms with Crippen molar-refractivity contribution in [3.63, 3.8) is 0 Å². The van der Waals surface area contributed by atoms with Crippen molar-refractivity contribution in [3.8, 4) is 0 Å². The average Bonchev–Trinajstić information content (AvgIpc) is 2.62. The number of hydrogen-bond donors (Lipinski definition) is 3. The summed E-state index contributed by atoms with van der Waals surface area (Å²) in [5.41, 5.74) is 2.73. The fourth-order valence-electron chi connectivity index (χ4n) is 2.33. The van der Waals surface area contributed by atoms with Crippen LogP contribution in [0.25, 0.3) is 10.8 Å². The highest BCUT2D eigenvalue weighted by Gasteiger charge is 2.09. The second-order valence-electron chi connectivity index (χ2n) is 5.18. The number of hydrogen-bond acceptors (Lipinski definition) is 3. The second kappa shape index (κ2) is 6.47. The SMILES string of the molecule is O=C(NO)c1ccc2ccc(C(=O)Nc3ccc(F)cc3)cc2c1. The molecule has 120 valence electrons.